The molecule has 0 aliphatic heterocycles. The van der Waals surface area contributed by atoms with Crippen LogP contribution >= 0.6 is 0 Å². The van der Waals surface area contributed by atoms with Gasteiger partial charge in [0.2, 0.25) is 0 Å². The highest BCUT2D eigenvalue weighted by atomic mass is 15.2. The first-order valence-corrected chi connectivity index (χ1v) is 9.20. The third kappa shape index (κ3) is 3.45. The van der Waals surface area contributed by atoms with E-state index in [1.807, 2.05) is 0 Å². The zero-order valence-electron chi connectivity index (χ0n) is 14.1. The standard InChI is InChI=1S/C19H32N2/c1-4-19(2,3)16-8-7-15(12-20)18(11-16)21(17-9-10-17)13-14-5-6-14/h14-18H,4-11,13H2,1-3H3. The van der Waals surface area contributed by atoms with E-state index in [-0.39, 0.29) is 5.92 Å². The molecule has 0 aromatic carbocycles. The van der Waals surface area contributed by atoms with Crippen molar-refractivity contribution in [2.75, 3.05) is 6.54 Å². The maximum absolute atomic E-state index is 9.63. The summed E-state index contributed by atoms with van der Waals surface area (Å²) in [5, 5.41) is 9.63. The van der Waals surface area contributed by atoms with Crippen molar-refractivity contribution in [2.24, 2.45) is 23.2 Å². The van der Waals surface area contributed by atoms with E-state index in [1.165, 1.54) is 51.5 Å². The van der Waals surface area contributed by atoms with Gasteiger partial charge in [-0.15, -0.1) is 0 Å². The van der Waals surface area contributed by atoms with Crippen LogP contribution in [-0.4, -0.2) is 23.5 Å². The molecule has 21 heavy (non-hydrogen) atoms. The average molecular weight is 288 g/mol. The summed E-state index contributed by atoms with van der Waals surface area (Å²) >= 11 is 0. The van der Waals surface area contributed by atoms with Gasteiger partial charge in [0.25, 0.3) is 0 Å². The van der Waals surface area contributed by atoms with Gasteiger partial charge in [0, 0.05) is 18.6 Å². The molecule has 0 saturated heterocycles. The highest BCUT2D eigenvalue weighted by Gasteiger charge is 2.45. The minimum atomic E-state index is 0.285. The minimum absolute atomic E-state index is 0.285. The molecular weight excluding hydrogens is 256 g/mol. The van der Waals surface area contributed by atoms with E-state index in [1.54, 1.807) is 0 Å². The number of rotatable bonds is 6. The number of hydrogen-bond donors (Lipinski definition) is 0. The van der Waals surface area contributed by atoms with Gasteiger partial charge in [-0.25, -0.2) is 0 Å². The quantitative estimate of drug-likeness (QED) is 0.714. The third-order valence-corrected chi connectivity index (χ3v) is 6.61. The number of nitriles is 1. The fourth-order valence-electron chi connectivity index (χ4n) is 4.22. The zero-order chi connectivity index (χ0) is 15.0. The normalized spacial score (nSPS) is 34.0. The predicted octanol–water partition coefficient (Wildman–Crippen LogP) is 4.61. The summed E-state index contributed by atoms with van der Waals surface area (Å²) in [4.78, 5) is 2.78. The Morgan fingerprint density at radius 1 is 1.10 bits per heavy atom. The Balaban J connectivity index is 1.73. The summed E-state index contributed by atoms with van der Waals surface area (Å²) in [5.41, 5.74) is 0.438. The fourth-order valence-corrected chi connectivity index (χ4v) is 4.22. The highest BCUT2D eigenvalue weighted by molar-refractivity contribution is 5.03. The van der Waals surface area contributed by atoms with Crippen molar-refractivity contribution >= 4 is 0 Å². The van der Waals surface area contributed by atoms with Gasteiger partial charge in [-0.05, 0) is 62.2 Å². The van der Waals surface area contributed by atoms with Crippen molar-refractivity contribution in [1.29, 1.82) is 5.26 Å². The summed E-state index contributed by atoms with van der Waals surface area (Å²) in [6.07, 6.45) is 10.5. The molecule has 2 nitrogen and oxygen atoms in total. The second-order valence-corrected chi connectivity index (χ2v) is 8.53. The van der Waals surface area contributed by atoms with Crippen LogP contribution in [-0.2, 0) is 0 Å². The van der Waals surface area contributed by atoms with Crippen molar-refractivity contribution in [3.8, 4) is 6.07 Å². The molecule has 0 heterocycles. The zero-order valence-corrected chi connectivity index (χ0v) is 14.1. The van der Waals surface area contributed by atoms with Gasteiger partial charge in [0.1, 0.15) is 0 Å². The Morgan fingerprint density at radius 2 is 1.81 bits per heavy atom. The maximum Gasteiger partial charge on any atom is 0.0672 e. The lowest BCUT2D eigenvalue weighted by atomic mass is 9.66. The second kappa shape index (κ2) is 5.92. The molecule has 0 aromatic heterocycles. The second-order valence-electron chi connectivity index (χ2n) is 8.53. The van der Waals surface area contributed by atoms with E-state index in [0.717, 1.165) is 24.3 Å². The van der Waals surface area contributed by atoms with Crippen LogP contribution in [0.4, 0.5) is 0 Å². The van der Waals surface area contributed by atoms with Crippen LogP contribution < -0.4 is 0 Å². The molecular formula is C19H32N2. The van der Waals surface area contributed by atoms with Gasteiger partial charge in [-0.2, -0.15) is 5.26 Å². The Labute approximate surface area is 130 Å². The van der Waals surface area contributed by atoms with E-state index in [0.29, 0.717) is 11.5 Å². The van der Waals surface area contributed by atoms with Crippen molar-refractivity contribution in [3.05, 3.63) is 0 Å². The molecule has 3 atom stereocenters. The van der Waals surface area contributed by atoms with Crippen LogP contribution in [0.2, 0.25) is 0 Å². The van der Waals surface area contributed by atoms with Crippen molar-refractivity contribution in [3.63, 3.8) is 0 Å². The molecule has 3 unspecified atom stereocenters. The molecule has 0 radical (unpaired) electrons. The first-order chi connectivity index (χ1) is 10.0. The third-order valence-electron chi connectivity index (χ3n) is 6.61. The van der Waals surface area contributed by atoms with E-state index >= 15 is 0 Å². The first kappa shape index (κ1) is 15.3. The van der Waals surface area contributed by atoms with Crippen molar-refractivity contribution in [2.45, 2.75) is 84.2 Å². The van der Waals surface area contributed by atoms with Crippen molar-refractivity contribution in [1.82, 2.24) is 4.90 Å². The largest absolute Gasteiger partial charge is 0.296 e. The van der Waals surface area contributed by atoms with Gasteiger partial charge in [-0.3, -0.25) is 4.90 Å². The molecule has 3 fully saturated rings. The Hall–Kier alpha value is -0.550. The lowest BCUT2D eigenvalue weighted by Crippen LogP contribution is -2.48. The molecule has 0 amide bonds. The molecule has 3 saturated carbocycles. The Morgan fingerprint density at radius 3 is 2.33 bits per heavy atom. The molecule has 0 N–H and O–H groups in total. The molecule has 3 rings (SSSR count). The topological polar surface area (TPSA) is 27.0 Å². The molecule has 3 aliphatic carbocycles. The number of hydrogen-bond acceptors (Lipinski definition) is 2. The minimum Gasteiger partial charge on any atom is -0.296 e. The van der Waals surface area contributed by atoms with Crippen LogP contribution in [0.25, 0.3) is 0 Å². The van der Waals surface area contributed by atoms with E-state index < -0.39 is 0 Å². The van der Waals surface area contributed by atoms with Gasteiger partial charge >= 0.3 is 0 Å². The van der Waals surface area contributed by atoms with E-state index in [2.05, 4.69) is 31.7 Å². The Kier molecular flexibility index (Phi) is 4.33. The van der Waals surface area contributed by atoms with Crippen LogP contribution in [0.1, 0.15) is 72.1 Å². The SMILES string of the molecule is CCC(C)(C)C1CCC(C#N)C(N(CC2CC2)C2CC2)C1. The summed E-state index contributed by atoms with van der Waals surface area (Å²) in [6.45, 7) is 8.48. The molecule has 0 spiro atoms. The first-order valence-electron chi connectivity index (χ1n) is 9.20. The summed E-state index contributed by atoms with van der Waals surface area (Å²) < 4.78 is 0. The summed E-state index contributed by atoms with van der Waals surface area (Å²) in [7, 11) is 0. The van der Waals surface area contributed by atoms with E-state index in [9.17, 15) is 5.26 Å². The monoisotopic (exact) mass is 288 g/mol. The lowest BCUT2D eigenvalue weighted by molar-refractivity contribution is 0.0445. The van der Waals surface area contributed by atoms with E-state index in [4.69, 9.17) is 0 Å². The van der Waals surface area contributed by atoms with Gasteiger partial charge < -0.3 is 0 Å². The number of nitrogens with zero attached hydrogens (tertiary/aromatic N) is 2. The fraction of sp³-hybridized carbons (Fsp3) is 0.947. The molecule has 3 aliphatic rings. The van der Waals surface area contributed by atoms with Crippen LogP contribution in [0.15, 0.2) is 0 Å². The van der Waals surface area contributed by atoms with Gasteiger partial charge in [-0.1, -0.05) is 27.2 Å². The van der Waals surface area contributed by atoms with Gasteiger partial charge in [0.05, 0.1) is 12.0 Å². The predicted molar refractivity (Wildman–Crippen MR) is 86.8 cm³/mol. The molecule has 0 aromatic rings. The molecule has 2 heteroatoms. The van der Waals surface area contributed by atoms with Crippen LogP contribution in [0.3, 0.4) is 0 Å². The van der Waals surface area contributed by atoms with Crippen LogP contribution in [0, 0.1) is 34.5 Å². The summed E-state index contributed by atoms with van der Waals surface area (Å²) in [6, 6.07) is 4.02. The highest BCUT2D eigenvalue weighted by Crippen LogP contribution is 2.46. The van der Waals surface area contributed by atoms with Crippen LogP contribution in [0.5, 0.6) is 0 Å². The lowest BCUT2D eigenvalue weighted by Gasteiger charge is -2.45. The Bertz CT molecular complexity index is 400. The summed E-state index contributed by atoms with van der Waals surface area (Å²) in [5.74, 6) is 2.04. The molecule has 118 valence electrons. The van der Waals surface area contributed by atoms with Crippen molar-refractivity contribution < 1.29 is 0 Å². The smallest absolute Gasteiger partial charge is 0.0672 e. The maximum atomic E-state index is 9.63. The average Bonchev–Trinajstić information content (AvgIpc) is 3.37. The molecule has 0 bridgehead atoms. The van der Waals surface area contributed by atoms with Gasteiger partial charge in [0.15, 0.2) is 0 Å².